The minimum absolute atomic E-state index is 0.0393. The lowest BCUT2D eigenvalue weighted by molar-refractivity contribution is -0.115. The van der Waals surface area contributed by atoms with Gasteiger partial charge in [-0.25, -0.2) is 0 Å². The van der Waals surface area contributed by atoms with Crippen molar-refractivity contribution in [2.45, 2.75) is 6.42 Å². The Balaban J connectivity index is 2.19. The van der Waals surface area contributed by atoms with Gasteiger partial charge in [-0.3, -0.25) is 4.79 Å². The molecule has 1 amide bonds. The molecule has 1 aliphatic heterocycles. The first-order valence-electron chi connectivity index (χ1n) is 6.05. The number of anilines is 3. The highest BCUT2D eigenvalue weighted by molar-refractivity contribution is 6.00. The zero-order chi connectivity index (χ0) is 13.3. The topological polar surface area (TPSA) is 61.6 Å². The Bertz CT molecular complexity index is 470. The fraction of sp³-hybridized carbons (Fsp3) is 0.462. The van der Waals surface area contributed by atoms with Gasteiger partial charge in [0.25, 0.3) is 0 Å². The zero-order valence-corrected chi connectivity index (χ0v) is 11.2. The van der Waals surface area contributed by atoms with Crippen LogP contribution in [0.2, 0.25) is 0 Å². The van der Waals surface area contributed by atoms with Gasteiger partial charge >= 0.3 is 0 Å². The summed E-state index contributed by atoms with van der Waals surface area (Å²) in [5, 5.41) is 2.85. The highest BCUT2D eigenvalue weighted by Gasteiger charge is 2.20. The maximum Gasteiger partial charge on any atom is 0.228 e. The van der Waals surface area contributed by atoms with Crippen LogP contribution in [0, 0.1) is 0 Å². The van der Waals surface area contributed by atoms with Gasteiger partial charge in [0.1, 0.15) is 0 Å². The van der Waals surface area contributed by atoms with Crippen LogP contribution >= 0.6 is 0 Å². The molecule has 0 bridgehead atoms. The van der Waals surface area contributed by atoms with Gasteiger partial charge < -0.3 is 20.9 Å². The van der Waals surface area contributed by atoms with Crippen LogP contribution in [0.5, 0.6) is 0 Å². The predicted molar refractivity (Wildman–Crippen MR) is 75.0 cm³/mol. The molecule has 1 aromatic carbocycles. The van der Waals surface area contributed by atoms with E-state index in [9.17, 15) is 4.79 Å². The summed E-state index contributed by atoms with van der Waals surface area (Å²) in [7, 11) is 6.10. The molecular weight excluding hydrogens is 228 g/mol. The molecule has 0 radical (unpaired) electrons. The Morgan fingerprint density at radius 3 is 2.67 bits per heavy atom. The molecular formula is C13H20N4O. The van der Waals surface area contributed by atoms with Gasteiger partial charge in [-0.05, 0) is 31.8 Å². The van der Waals surface area contributed by atoms with Crippen molar-refractivity contribution in [3.63, 3.8) is 0 Å². The molecule has 1 aromatic rings. The van der Waals surface area contributed by atoms with Gasteiger partial charge in [0.05, 0.1) is 17.8 Å². The predicted octanol–water partition coefficient (Wildman–Crippen LogP) is 0.761. The monoisotopic (exact) mass is 248 g/mol. The van der Waals surface area contributed by atoms with E-state index in [1.165, 1.54) is 0 Å². The highest BCUT2D eigenvalue weighted by atomic mass is 16.1. The lowest BCUT2D eigenvalue weighted by Gasteiger charge is -2.23. The van der Waals surface area contributed by atoms with Gasteiger partial charge in [-0.2, -0.15) is 0 Å². The van der Waals surface area contributed by atoms with Crippen LogP contribution in [0.4, 0.5) is 17.1 Å². The molecule has 0 spiro atoms. The number of nitrogens with two attached hydrogens (primary N) is 1. The van der Waals surface area contributed by atoms with E-state index >= 15 is 0 Å². The number of rotatable bonds is 4. The van der Waals surface area contributed by atoms with Crippen molar-refractivity contribution in [1.82, 2.24) is 4.90 Å². The summed E-state index contributed by atoms with van der Waals surface area (Å²) in [6, 6.07) is 3.86. The lowest BCUT2D eigenvalue weighted by Crippen LogP contribution is -2.29. The second-order valence-electron chi connectivity index (χ2n) is 5.02. The Morgan fingerprint density at radius 2 is 2.00 bits per heavy atom. The van der Waals surface area contributed by atoms with Crippen molar-refractivity contribution < 1.29 is 4.79 Å². The molecule has 5 nitrogen and oxygen atoms in total. The van der Waals surface area contributed by atoms with Crippen molar-refractivity contribution in [3.8, 4) is 0 Å². The van der Waals surface area contributed by atoms with Crippen LogP contribution in [-0.2, 0) is 11.2 Å². The average molecular weight is 248 g/mol. The SMILES string of the molecule is CN(C)CCN(C)c1cc2c(cc1N)CC(=O)N2. The van der Waals surface area contributed by atoms with Crippen LogP contribution in [0.3, 0.4) is 0 Å². The van der Waals surface area contributed by atoms with E-state index in [0.29, 0.717) is 6.42 Å². The van der Waals surface area contributed by atoms with Crippen LogP contribution in [0.15, 0.2) is 12.1 Å². The summed E-state index contributed by atoms with van der Waals surface area (Å²) in [4.78, 5) is 15.6. The molecule has 5 heteroatoms. The third-order valence-corrected chi connectivity index (χ3v) is 3.17. The molecule has 0 saturated carbocycles. The molecule has 0 atom stereocenters. The number of hydrogen-bond donors (Lipinski definition) is 2. The normalized spacial score (nSPS) is 13.7. The highest BCUT2D eigenvalue weighted by Crippen LogP contribution is 2.33. The van der Waals surface area contributed by atoms with Crippen molar-refractivity contribution in [3.05, 3.63) is 17.7 Å². The van der Waals surface area contributed by atoms with E-state index in [1.54, 1.807) is 0 Å². The third-order valence-electron chi connectivity index (χ3n) is 3.17. The number of hydrogen-bond acceptors (Lipinski definition) is 4. The third kappa shape index (κ3) is 2.56. The van der Waals surface area contributed by atoms with Crippen LogP contribution < -0.4 is 16.0 Å². The maximum atomic E-state index is 11.3. The first-order chi connectivity index (χ1) is 8.47. The fourth-order valence-electron chi connectivity index (χ4n) is 2.08. The van der Waals surface area contributed by atoms with Gasteiger partial charge in [0, 0.05) is 25.8 Å². The summed E-state index contributed by atoms with van der Waals surface area (Å²) < 4.78 is 0. The van der Waals surface area contributed by atoms with Crippen molar-refractivity contribution in [1.29, 1.82) is 0 Å². The summed E-state index contributed by atoms with van der Waals surface area (Å²) in [6.07, 6.45) is 0.432. The summed E-state index contributed by atoms with van der Waals surface area (Å²) in [5.41, 5.74) is 9.63. The molecule has 18 heavy (non-hydrogen) atoms. The largest absolute Gasteiger partial charge is 0.397 e. The molecule has 0 fully saturated rings. The number of nitrogen functional groups attached to an aromatic ring is 1. The van der Waals surface area contributed by atoms with Crippen LogP contribution in [0.1, 0.15) is 5.56 Å². The number of amides is 1. The summed E-state index contributed by atoms with van der Waals surface area (Å²) in [6.45, 7) is 1.85. The lowest BCUT2D eigenvalue weighted by atomic mass is 10.1. The van der Waals surface area contributed by atoms with Crippen molar-refractivity contribution in [2.75, 3.05) is 50.2 Å². The van der Waals surface area contributed by atoms with Crippen molar-refractivity contribution in [2.24, 2.45) is 0 Å². The van der Waals surface area contributed by atoms with Gasteiger partial charge in [0.2, 0.25) is 5.91 Å². The Labute approximate surface area is 108 Å². The molecule has 0 aromatic heterocycles. The van der Waals surface area contributed by atoms with E-state index in [2.05, 4.69) is 15.1 Å². The number of benzene rings is 1. The van der Waals surface area contributed by atoms with Crippen LogP contribution in [-0.4, -0.2) is 45.0 Å². The average Bonchev–Trinajstić information content (AvgIpc) is 2.64. The Kier molecular flexibility index (Phi) is 3.43. The molecule has 1 heterocycles. The second-order valence-corrected chi connectivity index (χ2v) is 5.02. The summed E-state index contributed by atoms with van der Waals surface area (Å²) in [5.74, 6) is 0.0393. The van der Waals surface area contributed by atoms with Gasteiger partial charge in [0.15, 0.2) is 0 Å². The van der Waals surface area contributed by atoms with E-state index in [4.69, 9.17) is 5.73 Å². The molecule has 1 aliphatic rings. The first kappa shape index (κ1) is 12.7. The number of nitrogens with zero attached hydrogens (tertiary/aromatic N) is 2. The molecule has 98 valence electrons. The fourth-order valence-corrected chi connectivity index (χ4v) is 2.08. The maximum absolute atomic E-state index is 11.3. The van der Waals surface area contributed by atoms with E-state index < -0.39 is 0 Å². The Hall–Kier alpha value is -1.75. The molecule has 0 aliphatic carbocycles. The van der Waals surface area contributed by atoms with Gasteiger partial charge in [-0.15, -0.1) is 0 Å². The minimum Gasteiger partial charge on any atom is -0.397 e. The number of carbonyl (C=O) groups is 1. The quantitative estimate of drug-likeness (QED) is 0.772. The number of likely N-dealkylation sites (N-methyl/N-ethyl adjacent to an activating group) is 2. The number of nitrogens with one attached hydrogen (secondary N) is 1. The van der Waals surface area contributed by atoms with Crippen LogP contribution in [0.25, 0.3) is 0 Å². The van der Waals surface area contributed by atoms with Crippen molar-refractivity contribution >= 4 is 23.0 Å². The smallest absolute Gasteiger partial charge is 0.228 e. The first-order valence-corrected chi connectivity index (χ1v) is 6.05. The van der Waals surface area contributed by atoms with E-state index in [-0.39, 0.29) is 5.91 Å². The summed E-state index contributed by atoms with van der Waals surface area (Å²) >= 11 is 0. The zero-order valence-electron chi connectivity index (χ0n) is 11.2. The minimum atomic E-state index is 0.0393. The molecule has 0 saturated heterocycles. The number of fused-ring (bicyclic) bond motifs is 1. The second kappa shape index (κ2) is 4.86. The molecule has 0 unspecified atom stereocenters. The van der Waals surface area contributed by atoms with E-state index in [0.717, 1.165) is 35.7 Å². The molecule has 3 N–H and O–H groups in total. The standard InChI is InChI=1S/C13H20N4O/c1-16(2)4-5-17(3)12-8-11-9(6-10(12)14)7-13(18)15-11/h6,8H,4-5,7,14H2,1-3H3,(H,15,18). The molecule has 2 rings (SSSR count). The van der Waals surface area contributed by atoms with E-state index in [1.807, 2.05) is 33.3 Å². The Morgan fingerprint density at radius 1 is 1.28 bits per heavy atom. The number of carbonyl (C=O) groups excluding carboxylic acids is 1. The van der Waals surface area contributed by atoms with Gasteiger partial charge in [-0.1, -0.05) is 0 Å².